The first-order valence-electron chi connectivity index (χ1n) is 17.3. The number of carbonyl (C=O) groups is 3. The molecule has 2 heterocycles. The van der Waals surface area contributed by atoms with Gasteiger partial charge in [0.25, 0.3) is 11.8 Å². The van der Waals surface area contributed by atoms with Crippen LogP contribution < -0.4 is 27.2 Å². The van der Waals surface area contributed by atoms with Gasteiger partial charge in [-0.3, -0.25) is 14.4 Å². The number of benzene rings is 6. The number of carbonyl (C=O) groups excluding carboxylic acids is 2. The van der Waals surface area contributed by atoms with Crippen molar-refractivity contribution in [2.24, 2.45) is 0 Å². The molecule has 0 saturated heterocycles. The van der Waals surface area contributed by atoms with E-state index in [0.717, 1.165) is 11.1 Å². The SMILES string of the molecule is N=c1ccc2c(-c3c(Cl)cc(C(=O)NCCNC(=O)c4ccc(-c5c6ccc(=O)cc-6oc6cc(O)ccc56)cc4)c(Cl)c3C(=O)O)c3ccc(N)cc3oc-2c1. The third-order valence-electron chi connectivity index (χ3n) is 9.48. The number of halogens is 2. The maximum absolute atomic E-state index is 13.4. The first kappa shape index (κ1) is 36.8. The molecule has 0 bridgehead atoms. The largest absolute Gasteiger partial charge is 0.508 e. The summed E-state index contributed by atoms with van der Waals surface area (Å²) in [6, 6.07) is 26.8. The Labute approximate surface area is 331 Å². The van der Waals surface area contributed by atoms with Gasteiger partial charge in [-0.1, -0.05) is 35.3 Å². The van der Waals surface area contributed by atoms with Gasteiger partial charge in [0.2, 0.25) is 0 Å². The van der Waals surface area contributed by atoms with Crippen LogP contribution in [0.5, 0.6) is 5.75 Å². The molecule has 0 fully saturated rings. The van der Waals surface area contributed by atoms with Crippen LogP contribution >= 0.6 is 23.2 Å². The molecule has 0 unspecified atom stereocenters. The highest BCUT2D eigenvalue weighted by Gasteiger charge is 2.29. The van der Waals surface area contributed by atoms with Crippen molar-refractivity contribution in [3.63, 3.8) is 0 Å². The van der Waals surface area contributed by atoms with Gasteiger partial charge in [-0.25, -0.2) is 4.79 Å². The van der Waals surface area contributed by atoms with Crippen LogP contribution in [0.2, 0.25) is 10.0 Å². The lowest BCUT2D eigenvalue weighted by Gasteiger charge is -2.20. The molecule has 12 nitrogen and oxygen atoms in total. The number of nitrogen functional groups attached to an aromatic ring is 1. The molecule has 0 aromatic heterocycles. The Hall–Kier alpha value is -7.15. The summed E-state index contributed by atoms with van der Waals surface area (Å²) in [7, 11) is 0. The van der Waals surface area contributed by atoms with Gasteiger partial charge in [0.1, 0.15) is 28.4 Å². The number of carboxylic acids is 1. The van der Waals surface area contributed by atoms with E-state index in [1.807, 2.05) is 0 Å². The molecule has 2 amide bonds. The molecule has 57 heavy (non-hydrogen) atoms. The van der Waals surface area contributed by atoms with Gasteiger partial charge in [0.05, 0.1) is 26.5 Å². The first-order chi connectivity index (χ1) is 27.4. The van der Waals surface area contributed by atoms with Crippen molar-refractivity contribution in [1.29, 1.82) is 5.41 Å². The number of carboxylic acid groups (broad SMARTS) is 1. The second-order valence-corrected chi connectivity index (χ2v) is 13.9. The Morgan fingerprint density at radius 2 is 1.33 bits per heavy atom. The van der Waals surface area contributed by atoms with Crippen LogP contribution in [-0.4, -0.2) is 41.1 Å². The highest BCUT2D eigenvalue weighted by atomic mass is 35.5. The van der Waals surface area contributed by atoms with Crippen LogP contribution in [0.15, 0.2) is 117 Å². The molecule has 0 atom stereocenters. The summed E-state index contributed by atoms with van der Waals surface area (Å²) in [4.78, 5) is 51.4. The zero-order chi connectivity index (χ0) is 40.1. The summed E-state index contributed by atoms with van der Waals surface area (Å²) in [6.07, 6.45) is 0. The molecule has 4 aromatic rings. The molecule has 0 saturated carbocycles. The minimum absolute atomic E-state index is 0.00645. The number of hydrogen-bond acceptors (Lipinski definition) is 9. The third kappa shape index (κ3) is 6.77. The molecule has 4 aliphatic rings. The molecule has 4 aromatic carbocycles. The molecule has 2 aliphatic carbocycles. The monoisotopic (exact) mass is 798 g/mol. The van der Waals surface area contributed by atoms with E-state index in [9.17, 15) is 29.4 Å². The van der Waals surface area contributed by atoms with E-state index < -0.39 is 23.3 Å². The van der Waals surface area contributed by atoms with Crippen molar-refractivity contribution in [3.8, 4) is 50.7 Å². The zero-order valence-electron chi connectivity index (χ0n) is 29.4. The van der Waals surface area contributed by atoms with E-state index in [1.165, 1.54) is 42.5 Å². The second-order valence-electron chi connectivity index (χ2n) is 13.1. The maximum Gasteiger partial charge on any atom is 0.337 e. The van der Waals surface area contributed by atoms with Crippen molar-refractivity contribution < 1.29 is 33.4 Å². The van der Waals surface area contributed by atoms with Crippen LogP contribution in [0.3, 0.4) is 0 Å². The van der Waals surface area contributed by atoms with E-state index >= 15 is 0 Å². The van der Waals surface area contributed by atoms with E-state index in [1.54, 1.807) is 60.7 Å². The molecule has 0 spiro atoms. The van der Waals surface area contributed by atoms with Gasteiger partial charge in [0.15, 0.2) is 5.43 Å². The van der Waals surface area contributed by atoms with E-state index in [4.69, 9.17) is 43.2 Å². The smallest absolute Gasteiger partial charge is 0.337 e. The standard InChI is InChI=1S/C43H28Cl2N4O8/c44-31-19-30(40(45)39(43(54)55)38(31)37-28-9-5-22(46)15-32(28)56-33-16-23(47)6-10-29(33)37)42(53)49-14-13-48-41(52)21-3-1-20(2-4-21)36-26-11-7-24(50)17-34(26)57-35-18-25(51)8-12-27(35)36/h1-12,15-19,46,50H,13-14,47H2,(H,48,52)(H,49,53)(H,54,55). The van der Waals surface area contributed by atoms with Crippen LogP contribution in [0.25, 0.3) is 66.8 Å². The number of nitrogens with two attached hydrogens (primary N) is 1. The Balaban J connectivity index is 1.01. The number of amides is 2. The van der Waals surface area contributed by atoms with Gasteiger partial charge in [-0.15, -0.1) is 0 Å². The number of aromatic carboxylic acids is 1. The summed E-state index contributed by atoms with van der Waals surface area (Å²) in [5.74, 6) is -1.92. The van der Waals surface area contributed by atoms with Crippen LogP contribution in [0.4, 0.5) is 5.69 Å². The Bertz CT molecular complexity index is 3030. The number of anilines is 1. The van der Waals surface area contributed by atoms with Crippen molar-refractivity contribution >= 4 is 68.6 Å². The minimum atomic E-state index is -1.43. The predicted molar refractivity (Wildman–Crippen MR) is 216 cm³/mol. The lowest BCUT2D eigenvalue weighted by molar-refractivity contribution is 0.0697. The van der Waals surface area contributed by atoms with Gasteiger partial charge in [-0.2, -0.15) is 0 Å². The van der Waals surface area contributed by atoms with Gasteiger partial charge in [0, 0.05) is 87.2 Å². The number of aromatic hydroxyl groups is 1. The third-order valence-corrected chi connectivity index (χ3v) is 10.2. The molecular formula is C43H28Cl2N4O8. The fourth-order valence-electron chi connectivity index (χ4n) is 6.92. The van der Waals surface area contributed by atoms with Crippen LogP contribution in [0.1, 0.15) is 31.1 Å². The Morgan fingerprint density at radius 1 is 0.702 bits per heavy atom. The fraction of sp³-hybridized carbons (Fsp3) is 0.0465. The molecule has 282 valence electrons. The predicted octanol–water partition coefficient (Wildman–Crippen LogP) is 8.01. The summed E-state index contributed by atoms with van der Waals surface area (Å²) < 4.78 is 11.9. The molecule has 14 heteroatoms. The van der Waals surface area contributed by atoms with E-state index in [-0.39, 0.29) is 56.6 Å². The summed E-state index contributed by atoms with van der Waals surface area (Å²) in [5, 5.41) is 34.9. The van der Waals surface area contributed by atoms with Crippen molar-refractivity contribution in [2.45, 2.75) is 0 Å². The first-order valence-corrected chi connectivity index (χ1v) is 18.1. The maximum atomic E-state index is 13.4. The average Bonchev–Trinajstić information content (AvgIpc) is 3.18. The van der Waals surface area contributed by atoms with Gasteiger partial charge in [-0.05, 0) is 72.3 Å². The number of hydrogen-bond donors (Lipinski definition) is 6. The number of nitrogens with one attached hydrogen (secondary N) is 3. The molecule has 0 radical (unpaired) electrons. The van der Waals surface area contributed by atoms with E-state index in [2.05, 4.69) is 10.6 Å². The average molecular weight is 800 g/mol. The highest BCUT2D eigenvalue weighted by Crippen LogP contribution is 2.47. The Kier molecular flexibility index (Phi) is 9.36. The van der Waals surface area contributed by atoms with Crippen LogP contribution in [-0.2, 0) is 0 Å². The normalized spacial score (nSPS) is 11.3. The molecule has 8 rings (SSSR count). The number of phenolic OH excluding ortho intramolecular Hbond substituents is 1. The van der Waals surface area contributed by atoms with Crippen molar-refractivity contribution in [1.82, 2.24) is 10.6 Å². The van der Waals surface area contributed by atoms with Gasteiger partial charge >= 0.3 is 5.97 Å². The fourth-order valence-corrected chi connectivity index (χ4v) is 7.53. The summed E-state index contributed by atoms with van der Waals surface area (Å²) >= 11 is 13.5. The highest BCUT2D eigenvalue weighted by molar-refractivity contribution is 6.41. The lowest BCUT2D eigenvalue weighted by atomic mass is 9.89. The topological polar surface area (TPSA) is 209 Å². The number of fused-ring (bicyclic) bond motifs is 4. The molecular weight excluding hydrogens is 771 g/mol. The van der Waals surface area contributed by atoms with Crippen molar-refractivity contribution in [3.05, 3.63) is 145 Å². The minimum Gasteiger partial charge on any atom is -0.508 e. The Morgan fingerprint density at radius 3 is 2.07 bits per heavy atom. The number of rotatable bonds is 8. The zero-order valence-corrected chi connectivity index (χ0v) is 30.9. The van der Waals surface area contributed by atoms with Crippen molar-refractivity contribution in [2.75, 3.05) is 18.8 Å². The molecule has 2 aliphatic heterocycles. The number of phenols is 1. The van der Waals surface area contributed by atoms with Gasteiger partial charge < -0.3 is 40.8 Å². The lowest BCUT2D eigenvalue weighted by Crippen LogP contribution is -2.35. The summed E-state index contributed by atoms with van der Waals surface area (Å²) in [5.41, 5.74) is 9.69. The quantitative estimate of drug-likeness (QED) is 0.0499. The second kappa shape index (κ2) is 14.5. The van der Waals surface area contributed by atoms with E-state index in [0.29, 0.717) is 55.6 Å². The summed E-state index contributed by atoms with van der Waals surface area (Å²) in [6.45, 7) is -0.0161. The van der Waals surface area contributed by atoms with Crippen LogP contribution in [0, 0.1) is 5.41 Å². The molecule has 7 N–H and O–H groups in total.